The summed E-state index contributed by atoms with van der Waals surface area (Å²) in [6.07, 6.45) is 0. The fraction of sp³-hybridized carbons (Fsp3) is 0.0625. The van der Waals surface area contributed by atoms with Crippen LogP contribution in [0.5, 0.6) is 0 Å². The molecule has 0 fully saturated rings. The Balaban J connectivity index is 2.26. The van der Waals surface area contributed by atoms with E-state index in [4.69, 9.17) is 10.5 Å². The predicted molar refractivity (Wildman–Crippen MR) is 82.7 cm³/mol. The number of hydrogen-bond acceptors (Lipinski definition) is 3. The second-order valence-corrected chi connectivity index (χ2v) is 5.26. The van der Waals surface area contributed by atoms with E-state index in [2.05, 4.69) is 21.2 Å². The highest BCUT2D eigenvalue weighted by Crippen LogP contribution is 2.19. The molecule has 1 amide bonds. The molecule has 0 aliphatic rings. The van der Waals surface area contributed by atoms with Crippen LogP contribution in [0.2, 0.25) is 0 Å². The zero-order valence-electron chi connectivity index (χ0n) is 11.1. The molecule has 0 aliphatic heterocycles. The Kier molecular flexibility index (Phi) is 4.37. The zero-order chi connectivity index (χ0) is 15.4. The average molecular weight is 340 g/mol. The van der Waals surface area contributed by atoms with Crippen molar-refractivity contribution in [3.8, 4) is 12.1 Å². The van der Waals surface area contributed by atoms with Gasteiger partial charge in [0, 0.05) is 15.7 Å². The van der Waals surface area contributed by atoms with Crippen LogP contribution in [0.15, 0.2) is 40.9 Å². The summed E-state index contributed by atoms with van der Waals surface area (Å²) >= 11 is 3.38. The average Bonchev–Trinajstić information content (AvgIpc) is 2.49. The van der Waals surface area contributed by atoms with Gasteiger partial charge in [0.2, 0.25) is 0 Å². The molecule has 2 aromatic carbocycles. The van der Waals surface area contributed by atoms with Crippen molar-refractivity contribution in [3.05, 3.63) is 63.1 Å². The highest BCUT2D eigenvalue weighted by Gasteiger charge is 2.09. The molecule has 0 aliphatic carbocycles. The number of anilines is 1. The number of nitrogens with zero attached hydrogens (tertiary/aromatic N) is 2. The summed E-state index contributed by atoms with van der Waals surface area (Å²) in [6, 6.07) is 13.8. The third-order valence-electron chi connectivity index (χ3n) is 2.94. The molecule has 1 N–H and O–H groups in total. The topological polar surface area (TPSA) is 76.7 Å². The van der Waals surface area contributed by atoms with E-state index in [1.165, 1.54) is 12.1 Å². The van der Waals surface area contributed by atoms with Gasteiger partial charge in [-0.1, -0.05) is 15.9 Å². The van der Waals surface area contributed by atoms with E-state index >= 15 is 0 Å². The molecule has 102 valence electrons. The lowest BCUT2D eigenvalue weighted by molar-refractivity contribution is 0.102. The van der Waals surface area contributed by atoms with Gasteiger partial charge in [-0.15, -0.1) is 0 Å². The number of aryl methyl sites for hydroxylation is 1. The van der Waals surface area contributed by atoms with Crippen LogP contribution in [0.25, 0.3) is 0 Å². The summed E-state index contributed by atoms with van der Waals surface area (Å²) in [4.78, 5) is 12.2. The van der Waals surface area contributed by atoms with Crippen LogP contribution < -0.4 is 5.32 Å². The van der Waals surface area contributed by atoms with Gasteiger partial charge in [-0.25, -0.2) is 0 Å². The Morgan fingerprint density at radius 1 is 1.10 bits per heavy atom. The van der Waals surface area contributed by atoms with E-state index in [1.807, 2.05) is 25.1 Å². The van der Waals surface area contributed by atoms with E-state index in [1.54, 1.807) is 18.2 Å². The monoisotopic (exact) mass is 339 g/mol. The number of rotatable bonds is 2. The standard InChI is InChI=1S/C16H10BrN3O/c1-10-6-11(3-5-15(10)17)16(21)20-14-4-2-12(8-18)13(7-14)9-19/h2-7H,1H3,(H,20,21). The summed E-state index contributed by atoms with van der Waals surface area (Å²) < 4.78 is 0.934. The first-order valence-electron chi connectivity index (χ1n) is 6.07. The molecule has 0 spiro atoms. The first-order chi connectivity index (χ1) is 10.0. The molecular weight excluding hydrogens is 330 g/mol. The van der Waals surface area contributed by atoms with Gasteiger partial charge in [0.05, 0.1) is 11.1 Å². The van der Waals surface area contributed by atoms with Gasteiger partial charge in [-0.05, 0) is 48.9 Å². The molecule has 0 bridgehead atoms. The molecule has 0 aromatic heterocycles. The largest absolute Gasteiger partial charge is 0.322 e. The minimum Gasteiger partial charge on any atom is -0.322 e. The lowest BCUT2D eigenvalue weighted by Crippen LogP contribution is -2.12. The maximum atomic E-state index is 12.2. The lowest BCUT2D eigenvalue weighted by Gasteiger charge is -2.07. The van der Waals surface area contributed by atoms with E-state index < -0.39 is 0 Å². The Morgan fingerprint density at radius 3 is 2.43 bits per heavy atom. The van der Waals surface area contributed by atoms with Gasteiger partial charge < -0.3 is 5.32 Å². The highest BCUT2D eigenvalue weighted by atomic mass is 79.9. The number of benzene rings is 2. The van der Waals surface area contributed by atoms with Crippen molar-refractivity contribution < 1.29 is 4.79 Å². The van der Waals surface area contributed by atoms with Crippen molar-refractivity contribution in [2.75, 3.05) is 5.32 Å². The highest BCUT2D eigenvalue weighted by molar-refractivity contribution is 9.10. The molecule has 0 atom stereocenters. The second kappa shape index (κ2) is 6.21. The third-order valence-corrected chi connectivity index (χ3v) is 3.83. The number of carbonyl (C=O) groups is 1. The first-order valence-corrected chi connectivity index (χ1v) is 6.86. The number of halogens is 1. The fourth-order valence-corrected chi connectivity index (χ4v) is 2.05. The number of nitriles is 2. The number of nitrogens with one attached hydrogen (secondary N) is 1. The van der Waals surface area contributed by atoms with Gasteiger partial charge in [-0.3, -0.25) is 4.79 Å². The number of amides is 1. The van der Waals surface area contributed by atoms with Crippen LogP contribution in [0.4, 0.5) is 5.69 Å². The van der Waals surface area contributed by atoms with Gasteiger partial charge in [0.1, 0.15) is 12.1 Å². The second-order valence-electron chi connectivity index (χ2n) is 4.40. The Morgan fingerprint density at radius 2 is 1.81 bits per heavy atom. The predicted octanol–water partition coefficient (Wildman–Crippen LogP) is 3.75. The van der Waals surface area contributed by atoms with Crippen molar-refractivity contribution >= 4 is 27.5 Å². The van der Waals surface area contributed by atoms with E-state index in [0.29, 0.717) is 11.3 Å². The van der Waals surface area contributed by atoms with Crippen LogP contribution in [0.3, 0.4) is 0 Å². The van der Waals surface area contributed by atoms with Crippen LogP contribution in [0, 0.1) is 29.6 Å². The normalized spacial score (nSPS) is 9.52. The van der Waals surface area contributed by atoms with Gasteiger partial charge >= 0.3 is 0 Å². The molecule has 2 aromatic rings. The van der Waals surface area contributed by atoms with E-state index in [-0.39, 0.29) is 17.0 Å². The van der Waals surface area contributed by atoms with Crippen LogP contribution in [-0.2, 0) is 0 Å². The van der Waals surface area contributed by atoms with Crippen molar-refractivity contribution in [2.45, 2.75) is 6.92 Å². The van der Waals surface area contributed by atoms with Crippen LogP contribution in [0.1, 0.15) is 27.0 Å². The van der Waals surface area contributed by atoms with Crippen LogP contribution in [-0.4, -0.2) is 5.91 Å². The summed E-state index contributed by atoms with van der Waals surface area (Å²) in [5, 5.41) is 20.6. The number of carbonyl (C=O) groups excluding carboxylic acids is 1. The molecule has 5 heteroatoms. The van der Waals surface area contributed by atoms with Crippen molar-refractivity contribution in [3.63, 3.8) is 0 Å². The van der Waals surface area contributed by atoms with Crippen LogP contribution >= 0.6 is 15.9 Å². The quantitative estimate of drug-likeness (QED) is 0.904. The summed E-state index contributed by atoms with van der Waals surface area (Å²) in [5.41, 5.74) is 2.49. The summed E-state index contributed by atoms with van der Waals surface area (Å²) in [5.74, 6) is -0.265. The molecular formula is C16H10BrN3O. The molecule has 0 radical (unpaired) electrons. The summed E-state index contributed by atoms with van der Waals surface area (Å²) in [7, 11) is 0. The number of hydrogen-bond donors (Lipinski definition) is 1. The molecule has 2 rings (SSSR count). The summed E-state index contributed by atoms with van der Waals surface area (Å²) in [6.45, 7) is 1.90. The molecule has 0 saturated heterocycles. The maximum Gasteiger partial charge on any atom is 0.255 e. The van der Waals surface area contributed by atoms with Crippen molar-refractivity contribution in [1.82, 2.24) is 0 Å². The minimum absolute atomic E-state index is 0.238. The Labute approximate surface area is 130 Å². The first kappa shape index (κ1) is 14.8. The maximum absolute atomic E-state index is 12.2. The van der Waals surface area contributed by atoms with Crippen molar-refractivity contribution in [2.24, 2.45) is 0 Å². The SMILES string of the molecule is Cc1cc(C(=O)Nc2ccc(C#N)c(C#N)c2)ccc1Br. The third kappa shape index (κ3) is 3.28. The molecule has 0 unspecified atom stereocenters. The Hall–Kier alpha value is -2.63. The lowest BCUT2D eigenvalue weighted by atomic mass is 10.1. The van der Waals surface area contributed by atoms with Gasteiger partial charge in [-0.2, -0.15) is 10.5 Å². The molecule has 4 nitrogen and oxygen atoms in total. The van der Waals surface area contributed by atoms with Gasteiger partial charge in [0.15, 0.2) is 0 Å². The molecule has 0 heterocycles. The molecule has 0 saturated carbocycles. The fourth-order valence-electron chi connectivity index (χ4n) is 1.80. The minimum atomic E-state index is -0.265. The van der Waals surface area contributed by atoms with Gasteiger partial charge in [0.25, 0.3) is 5.91 Å². The molecule has 21 heavy (non-hydrogen) atoms. The van der Waals surface area contributed by atoms with E-state index in [9.17, 15) is 4.79 Å². The van der Waals surface area contributed by atoms with E-state index in [0.717, 1.165) is 10.0 Å². The van der Waals surface area contributed by atoms with Crippen molar-refractivity contribution in [1.29, 1.82) is 10.5 Å². The zero-order valence-corrected chi connectivity index (χ0v) is 12.7. The Bertz CT molecular complexity index is 800. The smallest absolute Gasteiger partial charge is 0.255 e.